The molecule has 2 aromatic heterocycles. The third-order valence-electron chi connectivity index (χ3n) is 5.73. The summed E-state index contributed by atoms with van der Waals surface area (Å²) in [6.45, 7) is 7.17. The van der Waals surface area contributed by atoms with E-state index < -0.39 is 0 Å². The Kier molecular flexibility index (Phi) is 6.29. The molecule has 7 nitrogen and oxygen atoms in total. The highest BCUT2D eigenvalue weighted by molar-refractivity contribution is 7.15. The predicted molar refractivity (Wildman–Crippen MR) is 121 cm³/mol. The van der Waals surface area contributed by atoms with Gasteiger partial charge in [-0.15, -0.1) is 11.3 Å². The first-order chi connectivity index (χ1) is 14.9. The number of carbonyl (C=O) groups is 2. The summed E-state index contributed by atoms with van der Waals surface area (Å²) in [4.78, 5) is 46.6. The van der Waals surface area contributed by atoms with Crippen molar-refractivity contribution in [1.29, 1.82) is 0 Å². The number of aromatic nitrogens is 2. The van der Waals surface area contributed by atoms with Crippen molar-refractivity contribution in [2.45, 2.75) is 33.2 Å². The van der Waals surface area contributed by atoms with Gasteiger partial charge in [-0.25, -0.2) is 4.98 Å². The number of hydrogen-bond donors (Lipinski definition) is 0. The van der Waals surface area contributed by atoms with Gasteiger partial charge in [0, 0.05) is 68.8 Å². The topological polar surface area (TPSA) is 75.0 Å². The normalized spacial score (nSPS) is 14.8. The summed E-state index contributed by atoms with van der Waals surface area (Å²) in [6, 6.07) is 7.41. The van der Waals surface area contributed by atoms with Gasteiger partial charge in [-0.05, 0) is 25.5 Å². The Morgan fingerprint density at radius 2 is 1.84 bits per heavy atom. The first-order valence-electron chi connectivity index (χ1n) is 10.5. The van der Waals surface area contributed by atoms with Crippen LogP contribution in [0.1, 0.15) is 40.0 Å². The Bertz CT molecular complexity index is 1180. The molecule has 0 unspecified atom stereocenters. The van der Waals surface area contributed by atoms with Gasteiger partial charge in [0.2, 0.25) is 5.91 Å². The molecule has 0 N–H and O–H groups in total. The summed E-state index contributed by atoms with van der Waals surface area (Å²) in [5.41, 5.74) is 3.40. The fourth-order valence-corrected chi connectivity index (χ4v) is 4.64. The van der Waals surface area contributed by atoms with Crippen molar-refractivity contribution in [3.8, 4) is 0 Å². The molecule has 162 valence electrons. The maximum atomic E-state index is 12.6. The smallest absolute Gasteiger partial charge is 0.258 e. The molecule has 0 atom stereocenters. The molecule has 4 rings (SSSR count). The van der Waals surface area contributed by atoms with E-state index >= 15 is 0 Å². The molecule has 1 aromatic carbocycles. The van der Waals surface area contributed by atoms with Gasteiger partial charge in [-0.3, -0.25) is 23.7 Å². The van der Waals surface area contributed by atoms with Crippen LogP contribution in [0.3, 0.4) is 0 Å². The molecular weight excluding hydrogens is 412 g/mol. The quantitative estimate of drug-likeness (QED) is 0.553. The van der Waals surface area contributed by atoms with Gasteiger partial charge in [-0.2, -0.15) is 0 Å². The predicted octanol–water partition coefficient (Wildman–Crippen LogP) is 2.68. The second-order valence-electron chi connectivity index (χ2n) is 8.04. The molecule has 0 saturated carbocycles. The number of rotatable bonds is 6. The zero-order chi connectivity index (χ0) is 22.0. The Hall–Kier alpha value is -2.84. The van der Waals surface area contributed by atoms with E-state index in [9.17, 15) is 14.4 Å². The third-order valence-corrected chi connectivity index (χ3v) is 6.48. The van der Waals surface area contributed by atoms with Gasteiger partial charge in [0.1, 0.15) is 0 Å². The maximum Gasteiger partial charge on any atom is 0.258 e. The number of Topliss-reactive ketones (excluding diaryl/α,β-unsaturated/α-hetero) is 1. The van der Waals surface area contributed by atoms with Crippen molar-refractivity contribution in [3.05, 3.63) is 68.6 Å². The van der Waals surface area contributed by atoms with Gasteiger partial charge < -0.3 is 4.90 Å². The number of carbonyl (C=O) groups excluding carboxylic acids is 2. The van der Waals surface area contributed by atoms with Crippen LogP contribution in [-0.4, -0.2) is 57.1 Å². The zero-order valence-electron chi connectivity index (χ0n) is 17.8. The van der Waals surface area contributed by atoms with Crippen molar-refractivity contribution >= 4 is 28.0 Å². The molecule has 1 amide bonds. The first kappa shape index (κ1) is 21.4. The molecule has 1 aliphatic rings. The van der Waals surface area contributed by atoms with Crippen molar-refractivity contribution in [2.24, 2.45) is 0 Å². The second kappa shape index (κ2) is 9.11. The van der Waals surface area contributed by atoms with Crippen molar-refractivity contribution < 1.29 is 9.59 Å². The molecular formula is C23H26N4O3S. The average Bonchev–Trinajstić information content (AvgIpc) is 3.23. The lowest BCUT2D eigenvalue weighted by Crippen LogP contribution is -2.48. The van der Waals surface area contributed by atoms with Gasteiger partial charge >= 0.3 is 0 Å². The molecule has 0 radical (unpaired) electrons. The van der Waals surface area contributed by atoms with E-state index in [-0.39, 0.29) is 30.1 Å². The summed E-state index contributed by atoms with van der Waals surface area (Å²) in [5.74, 6) is 0.0456. The summed E-state index contributed by atoms with van der Waals surface area (Å²) >= 11 is 1.44. The van der Waals surface area contributed by atoms with Crippen LogP contribution in [0.25, 0.3) is 4.96 Å². The number of amides is 1. The maximum absolute atomic E-state index is 12.6. The highest BCUT2D eigenvalue weighted by Gasteiger charge is 2.22. The van der Waals surface area contributed by atoms with Crippen molar-refractivity contribution in [3.63, 3.8) is 0 Å². The van der Waals surface area contributed by atoms with Crippen LogP contribution < -0.4 is 5.56 Å². The van der Waals surface area contributed by atoms with E-state index in [0.717, 1.165) is 29.9 Å². The Balaban J connectivity index is 1.28. The number of benzene rings is 1. The average molecular weight is 439 g/mol. The molecule has 0 aliphatic carbocycles. The molecule has 8 heteroatoms. The summed E-state index contributed by atoms with van der Waals surface area (Å²) in [7, 11) is 0. The number of ketones is 1. The summed E-state index contributed by atoms with van der Waals surface area (Å²) in [5, 5.41) is 1.85. The number of aryl methyl sites for hydroxylation is 2. The van der Waals surface area contributed by atoms with Crippen molar-refractivity contribution in [1.82, 2.24) is 19.2 Å². The van der Waals surface area contributed by atoms with Crippen molar-refractivity contribution in [2.75, 3.05) is 26.2 Å². The standard InChI is InChI=1S/C23H26N4O3S/c1-16-3-4-17(2)19(13-16)20(28)5-6-21(29)26-9-7-25(8-10-26)15-18-14-22(30)27-11-12-31-23(27)24-18/h3-4,11-14H,5-10,15H2,1-2H3. The van der Waals surface area contributed by atoms with E-state index in [0.29, 0.717) is 30.2 Å². The van der Waals surface area contributed by atoms with E-state index in [1.807, 2.05) is 42.3 Å². The number of piperazine rings is 1. The third kappa shape index (κ3) is 4.91. The summed E-state index contributed by atoms with van der Waals surface area (Å²) < 4.78 is 1.55. The minimum absolute atomic E-state index is 0.0227. The molecule has 1 fully saturated rings. The largest absolute Gasteiger partial charge is 0.340 e. The molecule has 3 aromatic rings. The first-order valence-corrected chi connectivity index (χ1v) is 11.3. The van der Waals surface area contributed by atoms with Gasteiger partial charge in [0.25, 0.3) is 5.56 Å². The van der Waals surface area contributed by atoms with E-state index in [2.05, 4.69) is 9.88 Å². The lowest BCUT2D eigenvalue weighted by Gasteiger charge is -2.34. The van der Waals surface area contributed by atoms with E-state index in [4.69, 9.17) is 0 Å². The Labute approximate surface area is 184 Å². The highest BCUT2D eigenvalue weighted by atomic mass is 32.1. The minimum Gasteiger partial charge on any atom is -0.340 e. The van der Waals surface area contributed by atoms with Crippen LogP contribution in [0.5, 0.6) is 0 Å². The van der Waals surface area contributed by atoms with Crippen LogP contribution in [-0.2, 0) is 11.3 Å². The number of nitrogens with zero attached hydrogens (tertiary/aromatic N) is 4. The second-order valence-corrected chi connectivity index (χ2v) is 8.91. The molecule has 3 heterocycles. The van der Waals surface area contributed by atoms with E-state index in [1.54, 1.807) is 16.7 Å². The SMILES string of the molecule is Cc1ccc(C)c(C(=O)CCC(=O)N2CCN(Cc3cc(=O)n4ccsc4n3)CC2)c1. The number of thiazole rings is 1. The van der Waals surface area contributed by atoms with Crippen LogP contribution in [0.4, 0.5) is 0 Å². The summed E-state index contributed by atoms with van der Waals surface area (Å²) in [6.07, 6.45) is 2.20. The monoisotopic (exact) mass is 438 g/mol. The van der Waals surface area contributed by atoms with Crippen LogP contribution in [0.15, 0.2) is 40.6 Å². The van der Waals surface area contributed by atoms with Crippen LogP contribution in [0.2, 0.25) is 0 Å². The highest BCUT2D eigenvalue weighted by Crippen LogP contribution is 2.15. The molecule has 1 aliphatic heterocycles. The number of hydrogen-bond acceptors (Lipinski definition) is 6. The molecule has 31 heavy (non-hydrogen) atoms. The van der Waals surface area contributed by atoms with E-state index in [1.165, 1.54) is 11.3 Å². The fourth-order valence-electron chi connectivity index (χ4n) is 3.90. The lowest BCUT2D eigenvalue weighted by atomic mass is 9.99. The molecule has 0 bridgehead atoms. The van der Waals surface area contributed by atoms with Gasteiger partial charge in [-0.1, -0.05) is 17.7 Å². The minimum atomic E-state index is -0.0661. The number of fused-ring (bicyclic) bond motifs is 1. The Morgan fingerprint density at radius 3 is 2.61 bits per heavy atom. The van der Waals surface area contributed by atoms with Gasteiger partial charge in [0.15, 0.2) is 10.7 Å². The zero-order valence-corrected chi connectivity index (χ0v) is 18.7. The lowest BCUT2D eigenvalue weighted by molar-refractivity contribution is -0.133. The van der Waals surface area contributed by atoms with Crippen LogP contribution in [0, 0.1) is 13.8 Å². The van der Waals surface area contributed by atoms with Gasteiger partial charge in [0.05, 0.1) is 5.69 Å². The van der Waals surface area contributed by atoms with Crippen LogP contribution >= 0.6 is 11.3 Å². The fraction of sp³-hybridized carbons (Fsp3) is 0.391. The molecule has 0 spiro atoms. The Morgan fingerprint density at radius 1 is 1.06 bits per heavy atom. The molecule has 1 saturated heterocycles.